The van der Waals surface area contributed by atoms with Crippen LogP contribution in [0.1, 0.15) is 296 Å². The van der Waals surface area contributed by atoms with Gasteiger partial charge in [-0.05, 0) is 19.3 Å². The summed E-state index contributed by atoms with van der Waals surface area (Å²) >= 11 is 0. The molecule has 0 heterocycles. The third-order valence-electron chi connectivity index (χ3n) is 13.5. The van der Waals surface area contributed by atoms with Crippen molar-refractivity contribution in [1.29, 1.82) is 0 Å². The SMILES string of the molecule is CCCCCCCCCCCCCCCCCCCCCCCCCCCCCCCC/C=C/C(O)C(COP(=O)([O-])OCC[N+](C)(C)C)NC(=O)CCCCCCCCCCCCCC. The van der Waals surface area contributed by atoms with E-state index in [2.05, 4.69) is 19.2 Å². The topological polar surface area (TPSA) is 108 Å². The molecule has 2 N–H and O–H groups in total. The Morgan fingerprint density at radius 3 is 1.14 bits per heavy atom. The van der Waals surface area contributed by atoms with Gasteiger partial charge in [-0.3, -0.25) is 9.36 Å². The number of amides is 1. The molecule has 3 atom stereocenters. The van der Waals surface area contributed by atoms with Gasteiger partial charge in [0.2, 0.25) is 5.91 Å². The Hall–Kier alpha value is -0.760. The van der Waals surface area contributed by atoms with E-state index >= 15 is 0 Å². The number of aliphatic hydroxyl groups is 1. The van der Waals surface area contributed by atoms with E-state index in [0.717, 1.165) is 38.5 Å². The van der Waals surface area contributed by atoms with E-state index in [9.17, 15) is 19.4 Å². The maximum absolute atomic E-state index is 12.9. The van der Waals surface area contributed by atoms with Crippen LogP contribution in [0.3, 0.4) is 0 Å². The number of phosphoric acid groups is 1. The van der Waals surface area contributed by atoms with Crippen LogP contribution >= 0.6 is 7.82 Å². The Bertz CT molecular complexity index is 1080. The van der Waals surface area contributed by atoms with Gasteiger partial charge in [0.1, 0.15) is 13.2 Å². The van der Waals surface area contributed by atoms with Gasteiger partial charge in [-0.25, -0.2) is 0 Å². The minimum absolute atomic E-state index is 0.00240. The van der Waals surface area contributed by atoms with Crippen LogP contribution in [0.15, 0.2) is 12.2 Å². The highest BCUT2D eigenvalue weighted by Gasteiger charge is 2.23. The van der Waals surface area contributed by atoms with Crippen molar-refractivity contribution in [3.8, 4) is 0 Å². The second-order valence-corrected chi connectivity index (χ2v) is 22.8. The number of hydrogen-bond donors (Lipinski definition) is 2. The first kappa shape index (κ1) is 65.2. The van der Waals surface area contributed by atoms with Crippen molar-refractivity contribution in [2.24, 2.45) is 0 Å². The van der Waals surface area contributed by atoms with Crippen molar-refractivity contribution in [3.63, 3.8) is 0 Å². The van der Waals surface area contributed by atoms with E-state index in [1.165, 1.54) is 238 Å². The van der Waals surface area contributed by atoms with E-state index in [4.69, 9.17) is 9.05 Å². The highest BCUT2D eigenvalue weighted by Crippen LogP contribution is 2.38. The molecule has 0 saturated carbocycles. The van der Waals surface area contributed by atoms with Crippen LogP contribution in [0.25, 0.3) is 0 Å². The maximum atomic E-state index is 12.9. The van der Waals surface area contributed by atoms with Gasteiger partial charge in [-0.2, -0.15) is 0 Å². The van der Waals surface area contributed by atoms with Crippen LogP contribution in [-0.4, -0.2) is 68.5 Å². The summed E-state index contributed by atoms with van der Waals surface area (Å²) in [6.45, 7) is 4.68. The average molecular weight is 956 g/mol. The number of nitrogens with zero attached hydrogens (tertiary/aromatic N) is 1. The Balaban J connectivity index is 4.00. The Kier molecular flexibility index (Phi) is 48.7. The predicted molar refractivity (Wildman–Crippen MR) is 284 cm³/mol. The number of rotatable bonds is 54. The Morgan fingerprint density at radius 1 is 0.515 bits per heavy atom. The lowest BCUT2D eigenvalue weighted by molar-refractivity contribution is -0.870. The zero-order chi connectivity index (χ0) is 48.5. The first-order chi connectivity index (χ1) is 32.0. The molecule has 0 aliphatic rings. The summed E-state index contributed by atoms with van der Waals surface area (Å²) in [5, 5.41) is 13.9. The zero-order valence-corrected chi connectivity index (χ0v) is 45.8. The van der Waals surface area contributed by atoms with Crippen molar-refractivity contribution in [1.82, 2.24) is 5.32 Å². The fourth-order valence-corrected chi connectivity index (χ4v) is 9.64. The molecular weight excluding hydrogens is 840 g/mol. The molecule has 3 unspecified atom stereocenters. The summed E-state index contributed by atoms with van der Waals surface area (Å²) in [7, 11) is 1.28. The van der Waals surface area contributed by atoms with Gasteiger partial charge in [-0.15, -0.1) is 0 Å². The monoisotopic (exact) mass is 955 g/mol. The summed E-state index contributed by atoms with van der Waals surface area (Å²) in [5.74, 6) is -0.194. The van der Waals surface area contributed by atoms with E-state index in [1.807, 2.05) is 27.2 Å². The number of quaternary nitrogens is 1. The summed E-state index contributed by atoms with van der Waals surface area (Å²) in [5.41, 5.74) is 0. The molecule has 0 radical (unpaired) electrons. The molecular formula is C57H115N2O6P. The standard InChI is InChI=1S/C57H115N2O6P/c1-6-8-10-12-14-16-18-20-21-22-23-24-25-26-27-28-29-30-31-32-33-34-35-36-37-38-39-40-42-44-46-48-50-56(60)55(54-65-66(62,63)64-53-52-59(3,4)5)58-57(61)51-49-47-45-43-41-19-17-15-13-11-9-7-2/h48,50,55-56,60H,6-47,49,51-54H2,1-5H3,(H-,58,61,62,63)/b50-48+. The molecule has 0 aromatic heterocycles. The normalized spacial score (nSPS) is 14.0. The van der Waals surface area contributed by atoms with Crippen molar-refractivity contribution in [2.45, 2.75) is 309 Å². The maximum Gasteiger partial charge on any atom is 0.268 e. The van der Waals surface area contributed by atoms with Crippen LogP contribution in [0.5, 0.6) is 0 Å². The van der Waals surface area contributed by atoms with Crippen molar-refractivity contribution >= 4 is 13.7 Å². The number of allylic oxidation sites excluding steroid dienone is 1. The van der Waals surface area contributed by atoms with Crippen LogP contribution < -0.4 is 10.2 Å². The second-order valence-electron chi connectivity index (χ2n) is 21.4. The molecule has 8 nitrogen and oxygen atoms in total. The van der Waals surface area contributed by atoms with E-state index in [1.54, 1.807) is 6.08 Å². The van der Waals surface area contributed by atoms with Gasteiger partial charge in [-0.1, -0.05) is 283 Å². The third-order valence-corrected chi connectivity index (χ3v) is 14.5. The molecule has 0 saturated heterocycles. The van der Waals surface area contributed by atoms with Gasteiger partial charge in [0.25, 0.3) is 7.82 Å². The molecule has 0 bridgehead atoms. The third kappa shape index (κ3) is 51.1. The minimum Gasteiger partial charge on any atom is -0.756 e. The van der Waals surface area contributed by atoms with Crippen LogP contribution in [0.4, 0.5) is 0 Å². The molecule has 0 aromatic rings. The predicted octanol–water partition coefficient (Wildman–Crippen LogP) is 16.8. The number of likely N-dealkylation sites (N-methyl/N-ethyl adjacent to an activating group) is 1. The lowest BCUT2D eigenvalue weighted by Gasteiger charge is -2.29. The number of carbonyl (C=O) groups is 1. The van der Waals surface area contributed by atoms with Gasteiger partial charge in [0, 0.05) is 6.42 Å². The number of hydrogen-bond acceptors (Lipinski definition) is 6. The summed E-state index contributed by atoms with van der Waals surface area (Å²) < 4.78 is 23.3. The van der Waals surface area contributed by atoms with E-state index in [-0.39, 0.29) is 19.1 Å². The summed E-state index contributed by atoms with van der Waals surface area (Å²) in [6, 6.07) is -0.881. The minimum atomic E-state index is -4.59. The first-order valence-electron chi connectivity index (χ1n) is 29.1. The van der Waals surface area contributed by atoms with E-state index < -0.39 is 20.0 Å². The average Bonchev–Trinajstić information content (AvgIpc) is 3.28. The molecule has 0 aromatic carbocycles. The molecule has 394 valence electrons. The Morgan fingerprint density at radius 2 is 0.818 bits per heavy atom. The van der Waals surface area contributed by atoms with Gasteiger partial charge >= 0.3 is 0 Å². The lowest BCUT2D eigenvalue weighted by Crippen LogP contribution is -2.45. The lowest BCUT2D eigenvalue weighted by atomic mass is 10.0. The molecule has 0 aliphatic heterocycles. The number of unbranched alkanes of at least 4 members (excludes halogenated alkanes) is 41. The summed E-state index contributed by atoms with van der Waals surface area (Å²) in [6.07, 6.45) is 60.2. The number of nitrogens with one attached hydrogen (secondary N) is 1. The molecule has 0 rings (SSSR count). The highest BCUT2D eigenvalue weighted by atomic mass is 31.2. The highest BCUT2D eigenvalue weighted by molar-refractivity contribution is 7.45. The fourth-order valence-electron chi connectivity index (χ4n) is 8.92. The van der Waals surface area contributed by atoms with Crippen LogP contribution in [0, 0.1) is 0 Å². The van der Waals surface area contributed by atoms with Crippen molar-refractivity contribution in [3.05, 3.63) is 12.2 Å². The molecule has 0 fully saturated rings. The molecule has 1 amide bonds. The summed E-state index contributed by atoms with van der Waals surface area (Å²) in [4.78, 5) is 25.4. The molecule has 9 heteroatoms. The van der Waals surface area contributed by atoms with Crippen molar-refractivity contribution in [2.75, 3.05) is 40.9 Å². The van der Waals surface area contributed by atoms with Gasteiger partial charge in [0.05, 0.1) is 39.9 Å². The first-order valence-corrected chi connectivity index (χ1v) is 30.5. The zero-order valence-electron chi connectivity index (χ0n) is 44.9. The molecule has 0 spiro atoms. The molecule has 0 aliphatic carbocycles. The largest absolute Gasteiger partial charge is 0.756 e. The van der Waals surface area contributed by atoms with Gasteiger partial charge in [0.15, 0.2) is 0 Å². The van der Waals surface area contributed by atoms with Gasteiger partial charge < -0.3 is 28.8 Å². The van der Waals surface area contributed by atoms with E-state index in [0.29, 0.717) is 17.4 Å². The number of phosphoric ester groups is 1. The smallest absolute Gasteiger partial charge is 0.268 e. The van der Waals surface area contributed by atoms with Crippen LogP contribution in [-0.2, 0) is 18.4 Å². The van der Waals surface area contributed by atoms with Crippen LogP contribution in [0.2, 0.25) is 0 Å². The Labute approximate surface area is 412 Å². The number of carbonyl (C=O) groups excluding carboxylic acids is 1. The number of aliphatic hydroxyl groups excluding tert-OH is 1. The fraction of sp³-hybridized carbons (Fsp3) is 0.947. The second kappa shape index (κ2) is 49.2. The van der Waals surface area contributed by atoms with Crippen molar-refractivity contribution < 1.29 is 32.9 Å². The quantitative estimate of drug-likeness (QED) is 0.0272. The molecule has 66 heavy (non-hydrogen) atoms.